The van der Waals surface area contributed by atoms with Crippen LogP contribution in [0.1, 0.15) is 6.92 Å². The van der Waals surface area contributed by atoms with Crippen molar-refractivity contribution in [2.75, 3.05) is 11.1 Å². The van der Waals surface area contributed by atoms with Gasteiger partial charge in [0.25, 0.3) is 0 Å². The molecule has 0 saturated heterocycles. The molecule has 0 heterocycles. The number of anilines is 2. The van der Waals surface area contributed by atoms with Crippen LogP contribution in [0, 0.1) is 0 Å². The van der Waals surface area contributed by atoms with Crippen LogP contribution in [0.15, 0.2) is 60.8 Å². The minimum atomic E-state index is -0.291. The van der Waals surface area contributed by atoms with E-state index < -0.39 is 0 Å². The monoisotopic (exact) mass is 243 g/mol. The molecule has 1 rings (SSSR count). The van der Waals surface area contributed by atoms with E-state index in [0.29, 0.717) is 11.4 Å². The van der Waals surface area contributed by atoms with Crippen LogP contribution in [-0.2, 0) is 0 Å². The lowest BCUT2D eigenvalue weighted by Gasteiger charge is -2.07. The quantitative estimate of drug-likeness (QED) is 0.562. The maximum atomic E-state index is 11.6. The average Bonchev–Trinajstić information content (AvgIpc) is 2.32. The Bertz CT molecular complexity index is 472. The van der Waals surface area contributed by atoms with Gasteiger partial charge in [-0.2, -0.15) is 0 Å². The third kappa shape index (κ3) is 5.03. The number of hydrogen-bond acceptors (Lipinski definition) is 2. The summed E-state index contributed by atoms with van der Waals surface area (Å²) < 4.78 is 0. The number of nitrogen functional groups attached to an aromatic ring is 1. The van der Waals surface area contributed by atoms with E-state index in [2.05, 4.69) is 17.2 Å². The summed E-state index contributed by atoms with van der Waals surface area (Å²) in [6, 6.07) is 6.65. The van der Waals surface area contributed by atoms with Crippen molar-refractivity contribution in [1.29, 1.82) is 0 Å². The van der Waals surface area contributed by atoms with E-state index in [1.54, 1.807) is 55.5 Å². The van der Waals surface area contributed by atoms with Crippen molar-refractivity contribution >= 4 is 17.4 Å². The Morgan fingerprint density at radius 3 is 2.56 bits per heavy atom. The van der Waals surface area contributed by atoms with Crippen molar-refractivity contribution in [2.24, 2.45) is 0 Å². The van der Waals surface area contributed by atoms with E-state index in [4.69, 9.17) is 5.73 Å². The van der Waals surface area contributed by atoms with Crippen LogP contribution < -0.4 is 16.4 Å². The number of allylic oxidation sites excluding steroid dienone is 5. The largest absolute Gasteiger partial charge is 0.399 e. The first-order chi connectivity index (χ1) is 8.61. The molecule has 0 atom stereocenters. The van der Waals surface area contributed by atoms with Gasteiger partial charge in [0.1, 0.15) is 0 Å². The molecule has 0 unspecified atom stereocenters. The summed E-state index contributed by atoms with van der Waals surface area (Å²) in [5.41, 5.74) is 7.64. The fourth-order valence-electron chi connectivity index (χ4n) is 1.23. The van der Waals surface area contributed by atoms with E-state index >= 15 is 0 Å². The third-order valence-corrected chi connectivity index (χ3v) is 2.07. The van der Waals surface area contributed by atoms with Gasteiger partial charge in [0.2, 0.25) is 0 Å². The third-order valence-electron chi connectivity index (χ3n) is 2.07. The number of rotatable bonds is 4. The second-order valence-corrected chi connectivity index (χ2v) is 3.67. The Morgan fingerprint density at radius 2 is 1.94 bits per heavy atom. The van der Waals surface area contributed by atoms with E-state index in [9.17, 15) is 4.79 Å². The molecule has 4 heteroatoms. The van der Waals surface area contributed by atoms with Crippen molar-refractivity contribution < 1.29 is 4.79 Å². The summed E-state index contributed by atoms with van der Waals surface area (Å²) >= 11 is 0. The number of hydrogen-bond donors (Lipinski definition) is 3. The molecule has 0 saturated carbocycles. The van der Waals surface area contributed by atoms with Gasteiger partial charge < -0.3 is 16.4 Å². The molecule has 4 N–H and O–H groups in total. The number of urea groups is 1. The van der Waals surface area contributed by atoms with Crippen LogP contribution in [0.3, 0.4) is 0 Å². The zero-order chi connectivity index (χ0) is 13.4. The number of carbonyl (C=O) groups excluding carboxylic acids is 1. The minimum absolute atomic E-state index is 0.291. The summed E-state index contributed by atoms with van der Waals surface area (Å²) in [6.07, 6.45) is 7.03. The maximum absolute atomic E-state index is 11.6. The summed E-state index contributed by atoms with van der Waals surface area (Å²) in [7, 11) is 0. The highest BCUT2D eigenvalue weighted by Gasteiger charge is 2.00. The van der Waals surface area contributed by atoms with Crippen molar-refractivity contribution in [2.45, 2.75) is 6.92 Å². The van der Waals surface area contributed by atoms with E-state index in [1.165, 1.54) is 0 Å². The molecule has 0 radical (unpaired) electrons. The molecule has 94 valence electrons. The molecule has 18 heavy (non-hydrogen) atoms. The maximum Gasteiger partial charge on any atom is 0.323 e. The minimum Gasteiger partial charge on any atom is -0.399 e. The molecule has 0 bridgehead atoms. The molecule has 1 aromatic carbocycles. The van der Waals surface area contributed by atoms with Crippen LogP contribution >= 0.6 is 0 Å². The van der Waals surface area contributed by atoms with Crippen LogP contribution in [0.25, 0.3) is 0 Å². The first-order valence-electron chi connectivity index (χ1n) is 5.51. The van der Waals surface area contributed by atoms with Gasteiger partial charge in [-0.25, -0.2) is 4.79 Å². The summed E-state index contributed by atoms with van der Waals surface area (Å²) in [5.74, 6) is 0. The van der Waals surface area contributed by atoms with Crippen LogP contribution in [-0.4, -0.2) is 6.03 Å². The molecule has 0 aliphatic heterocycles. The average molecular weight is 243 g/mol. The van der Waals surface area contributed by atoms with Gasteiger partial charge in [-0.15, -0.1) is 0 Å². The predicted octanol–water partition coefficient (Wildman–Crippen LogP) is 3.04. The SMILES string of the molecule is C=C/C=C\C=C(/C)NC(=O)Nc1ccc(N)cc1. The second kappa shape index (κ2) is 6.96. The lowest BCUT2D eigenvalue weighted by atomic mass is 10.3. The van der Waals surface area contributed by atoms with E-state index in [1.807, 2.05) is 0 Å². The Kier molecular flexibility index (Phi) is 5.25. The number of nitrogens with two attached hydrogens (primary N) is 1. The zero-order valence-electron chi connectivity index (χ0n) is 10.3. The summed E-state index contributed by atoms with van der Waals surface area (Å²) in [5, 5.41) is 5.40. The van der Waals surface area contributed by atoms with Gasteiger partial charge in [-0.3, -0.25) is 0 Å². The number of carbonyl (C=O) groups is 1. The van der Waals surface area contributed by atoms with E-state index in [-0.39, 0.29) is 6.03 Å². The molecule has 0 aromatic heterocycles. The molecular weight excluding hydrogens is 226 g/mol. The summed E-state index contributed by atoms with van der Waals surface area (Å²) in [6.45, 7) is 5.36. The van der Waals surface area contributed by atoms with Gasteiger partial charge in [0.05, 0.1) is 0 Å². The lowest BCUT2D eigenvalue weighted by Crippen LogP contribution is -2.26. The van der Waals surface area contributed by atoms with Crippen LogP contribution in [0.2, 0.25) is 0 Å². The number of amides is 2. The molecule has 1 aromatic rings. The van der Waals surface area contributed by atoms with Gasteiger partial charge >= 0.3 is 6.03 Å². The lowest BCUT2D eigenvalue weighted by molar-refractivity contribution is 0.254. The number of benzene rings is 1. The highest BCUT2D eigenvalue weighted by atomic mass is 16.2. The van der Waals surface area contributed by atoms with E-state index in [0.717, 1.165) is 5.70 Å². The molecule has 4 nitrogen and oxygen atoms in total. The Balaban J connectivity index is 2.51. The van der Waals surface area contributed by atoms with Crippen LogP contribution in [0.4, 0.5) is 16.2 Å². The molecule has 0 spiro atoms. The fourth-order valence-corrected chi connectivity index (χ4v) is 1.23. The molecule has 0 fully saturated rings. The van der Waals surface area contributed by atoms with Gasteiger partial charge in [-0.1, -0.05) is 24.8 Å². The van der Waals surface area contributed by atoms with Crippen LogP contribution in [0.5, 0.6) is 0 Å². The molecule has 2 amide bonds. The molecule has 0 aliphatic carbocycles. The Labute approximate surface area is 107 Å². The van der Waals surface area contributed by atoms with Gasteiger partial charge in [0, 0.05) is 17.1 Å². The zero-order valence-corrected chi connectivity index (χ0v) is 10.3. The summed E-state index contributed by atoms with van der Waals surface area (Å²) in [4.78, 5) is 11.6. The Hall–Kier alpha value is -2.49. The van der Waals surface area contributed by atoms with Crippen molar-refractivity contribution in [1.82, 2.24) is 5.32 Å². The van der Waals surface area contributed by atoms with Crippen molar-refractivity contribution in [3.05, 3.63) is 60.8 Å². The van der Waals surface area contributed by atoms with Crippen molar-refractivity contribution in [3.8, 4) is 0 Å². The highest BCUT2D eigenvalue weighted by Crippen LogP contribution is 2.10. The fraction of sp³-hybridized carbons (Fsp3) is 0.0714. The van der Waals surface area contributed by atoms with Gasteiger partial charge in [0.15, 0.2) is 0 Å². The second-order valence-electron chi connectivity index (χ2n) is 3.67. The molecular formula is C14H17N3O. The van der Waals surface area contributed by atoms with Crippen molar-refractivity contribution in [3.63, 3.8) is 0 Å². The first kappa shape index (κ1) is 13.6. The smallest absolute Gasteiger partial charge is 0.323 e. The first-order valence-corrected chi connectivity index (χ1v) is 5.51. The molecule has 0 aliphatic rings. The van der Waals surface area contributed by atoms with Gasteiger partial charge in [-0.05, 0) is 37.3 Å². The standard InChI is InChI=1S/C14H17N3O/c1-3-4-5-6-11(2)16-14(18)17-13-9-7-12(15)8-10-13/h3-10H,1,15H2,2H3,(H2,16,17,18)/b5-4-,11-6+. The predicted molar refractivity (Wildman–Crippen MR) is 76.1 cm³/mol. The Morgan fingerprint density at radius 1 is 1.28 bits per heavy atom. The highest BCUT2D eigenvalue weighted by molar-refractivity contribution is 5.90. The normalized spacial score (nSPS) is 11.3. The topological polar surface area (TPSA) is 67.2 Å². The number of nitrogens with one attached hydrogen (secondary N) is 2.